The molecule has 4 heteroatoms. The maximum atomic E-state index is 9.59. The summed E-state index contributed by atoms with van der Waals surface area (Å²) in [7, 11) is 0. The van der Waals surface area contributed by atoms with E-state index in [9.17, 15) is 5.11 Å². The van der Waals surface area contributed by atoms with Crippen molar-refractivity contribution in [1.29, 1.82) is 0 Å². The van der Waals surface area contributed by atoms with E-state index in [1.54, 1.807) is 24.3 Å². The van der Waals surface area contributed by atoms with Crippen LogP contribution < -0.4 is 10.1 Å². The zero-order chi connectivity index (χ0) is 13.8. The Balaban J connectivity index is 2.05. The number of nitrogens with one attached hydrogen (secondary N) is 1. The van der Waals surface area contributed by atoms with Gasteiger partial charge in [0.25, 0.3) is 5.17 Å². The lowest BCUT2D eigenvalue weighted by Gasteiger charge is -2.11. The molecule has 0 aliphatic rings. The van der Waals surface area contributed by atoms with Gasteiger partial charge < -0.3 is 15.2 Å². The molecular weight excluding hydrogens is 258 g/mol. The molecule has 2 aromatic carbocycles. The third-order valence-corrected chi connectivity index (χ3v) is 3.01. The van der Waals surface area contributed by atoms with E-state index in [1.165, 1.54) is 11.1 Å². The van der Waals surface area contributed by atoms with Crippen LogP contribution in [0.5, 0.6) is 11.5 Å². The summed E-state index contributed by atoms with van der Waals surface area (Å²) in [5.41, 5.74) is 3.26. The van der Waals surface area contributed by atoms with E-state index in [2.05, 4.69) is 12.2 Å². The van der Waals surface area contributed by atoms with Crippen LogP contribution in [-0.4, -0.2) is 10.3 Å². The molecular formula is C15H15NO2S. The number of benzene rings is 2. The second kappa shape index (κ2) is 5.71. The van der Waals surface area contributed by atoms with Gasteiger partial charge in [0.2, 0.25) is 0 Å². The number of rotatable bonds is 2. The Morgan fingerprint density at radius 2 is 1.84 bits per heavy atom. The van der Waals surface area contributed by atoms with Crippen LogP contribution in [0.2, 0.25) is 0 Å². The molecule has 0 heterocycles. The Kier molecular flexibility index (Phi) is 4.02. The normalized spacial score (nSPS) is 10.0. The lowest BCUT2D eigenvalue weighted by atomic mass is 10.1. The summed E-state index contributed by atoms with van der Waals surface area (Å²) >= 11 is 5.11. The van der Waals surface area contributed by atoms with Gasteiger partial charge in [-0.1, -0.05) is 18.2 Å². The first-order chi connectivity index (χ1) is 9.06. The first-order valence-corrected chi connectivity index (χ1v) is 6.31. The molecule has 0 aliphatic heterocycles. The zero-order valence-electron chi connectivity index (χ0n) is 10.8. The Labute approximate surface area is 117 Å². The molecule has 0 atom stereocenters. The second-order valence-corrected chi connectivity index (χ2v) is 4.65. The van der Waals surface area contributed by atoms with Gasteiger partial charge in [-0.05, 0) is 61.5 Å². The van der Waals surface area contributed by atoms with Crippen molar-refractivity contribution in [3.63, 3.8) is 0 Å². The quantitative estimate of drug-likeness (QED) is 0.817. The summed E-state index contributed by atoms with van der Waals surface area (Å²) in [6, 6.07) is 12.6. The summed E-state index contributed by atoms with van der Waals surface area (Å²) in [5, 5.41) is 12.8. The van der Waals surface area contributed by atoms with Crippen LogP contribution in [0.1, 0.15) is 11.1 Å². The summed E-state index contributed by atoms with van der Waals surface area (Å²) in [6.07, 6.45) is 0. The average Bonchev–Trinajstić information content (AvgIpc) is 2.37. The fourth-order valence-corrected chi connectivity index (χ4v) is 1.81. The molecule has 0 bridgehead atoms. The van der Waals surface area contributed by atoms with Gasteiger partial charge in [0.15, 0.2) is 11.5 Å². The number of phenolic OH excluding ortho intramolecular Hbond substituents is 1. The maximum absolute atomic E-state index is 9.59. The Hall–Kier alpha value is -2.07. The molecule has 3 nitrogen and oxygen atoms in total. The zero-order valence-corrected chi connectivity index (χ0v) is 11.6. The molecule has 0 amide bonds. The Morgan fingerprint density at radius 1 is 1.11 bits per heavy atom. The van der Waals surface area contributed by atoms with Crippen LogP contribution in [-0.2, 0) is 0 Å². The van der Waals surface area contributed by atoms with E-state index in [0.717, 1.165) is 5.69 Å². The fraction of sp³-hybridized carbons (Fsp3) is 0.133. The van der Waals surface area contributed by atoms with Crippen LogP contribution in [0.3, 0.4) is 0 Å². The largest absolute Gasteiger partial charge is 0.504 e. The van der Waals surface area contributed by atoms with Crippen LogP contribution in [0.25, 0.3) is 0 Å². The Bertz CT molecular complexity index is 611. The van der Waals surface area contributed by atoms with Crippen molar-refractivity contribution in [3.05, 3.63) is 53.6 Å². The molecule has 98 valence electrons. The molecule has 0 aromatic heterocycles. The number of hydrogen-bond acceptors (Lipinski definition) is 3. The highest BCUT2D eigenvalue weighted by Gasteiger charge is 2.05. The molecule has 19 heavy (non-hydrogen) atoms. The predicted octanol–water partition coefficient (Wildman–Crippen LogP) is 3.78. The highest BCUT2D eigenvalue weighted by atomic mass is 32.1. The Morgan fingerprint density at radius 3 is 2.53 bits per heavy atom. The van der Waals surface area contributed by atoms with Gasteiger partial charge in [-0.3, -0.25) is 0 Å². The number of phenols is 1. The number of aryl methyl sites for hydroxylation is 2. The number of hydrogen-bond donors (Lipinski definition) is 2. The topological polar surface area (TPSA) is 41.5 Å². The monoisotopic (exact) mass is 273 g/mol. The van der Waals surface area contributed by atoms with E-state index in [4.69, 9.17) is 17.0 Å². The number of para-hydroxylation sites is 2. The van der Waals surface area contributed by atoms with Gasteiger partial charge >= 0.3 is 0 Å². The lowest BCUT2D eigenvalue weighted by Crippen LogP contribution is -2.16. The number of aromatic hydroxyl groups is 1. The molecule has 2 aromatic rings. The van der Waals surface area contributed by atoms with Gasteiger partial charge in [-0.2, -0.15) is 0 Å². The average molecular weight is 273 g/mol. The predicted molar refractivity (Wildman–Crippen MR) is 80.9 cm³/mol. The van der Waals surface area contributed by atoms with Crippen LogP contribution in [0, 0.1) is 13.8 Å². The van der Waals surface area contributed by atoms with Gasteiger partial charge in [0.05, 0.1) is 0 Å². The minimum absolute atomic E-state index is 0.0618. The second-order valence-electron chi connectivity index (χ2n) is 4.28. The van der Waals surface area contributed by atoms with Crippen molar-refractivity contribution in [2.45, 2.75) is 13.8 Å². The molecule has 2 N–H and O–H groups in total. The molecule has 0 fully saturated rings. The van der Waals surface area contributed by atoms with Gasteiger partial charge in [0.1, 0.15) is 0 Å². The maximum Gasteiger partial charge on any atom is 0.266 e. The third-order valence-electron chi connectivity index (χ3n) is 2.82. The van der Waals surface area contributed by atoms with Gasteiger partial charge in [-0.25, -0.2) is 0 Å². The van der Waals surface area contributed by atoms with E-state index < -0.39 is 0 Å². The van der Waals surface area contributed by atoms with E-state index >= 15 is 0 Å². The molecule has 2 rings (SSSR count). The highest BCUT2D eigenvalue weighted by Crippen LogP contribution is 2.25. The summed E-state index contributed by atoms with van der Waals surface area (Å²) in [6.45, 7) is 4.09. The molecule has 0 saturated carbocycles. The fourth-order valence-electron chi connectivity index (χ4n) is 1.61. The van der Waals surface area contributed by atoms with Crippen LogP contribution in [0.4, 0.5) is 5.69 Å². The molecule has 0 radical (unpaired) electrons. The molecule has 0 aliphatic carbocycles. The van der Waals surface area contributed by atoms with Crippen LogP contribution in [0.15, 0.2) is 42.5 Å². The van der Waals surface area contributed by atoms with Crippen molar-refractivity contribution in [3.8, 4) is 11.5 Å². The SMILES string of the molecule is Cc1ccc(NC(=S)Oc2ccccc2O)cc1C. The van der Waals surface area contributed by atoms with Crippen molar-refractivity contribution in [1.82, 2.24) is 0 Å². The van der Waals surface area contributed by atoms with Crippen molar-refractivity contribution >= 4 is 23.1 Å². The van der Waals surface area contributed by atoms with Gasteiger partial charge in [-0.15, -0.1) is 0 Å². The molecule has 0 spiro atoms. The summed E-state index contributed by atoms with van der Waals surface area (Å²) < 4.78 is 5.39. The summed E-state index contributed by atoms with van der Waals surface area (Å²) in [4.78, 5) is 0. The van der Waals surface area contributed by atoms with Crippen LogP contribution >= 0.6 is 12.2 Å². The van der Waals surface area contributed by atoms with E-state index in [-0.39, 0.29) is 10.9 Å². The van der Waals surface area contributed by atoms with Crippen molar-refractivity contribution in [2.75, 3.05) is 5.32 Å². The smallest absolute Gasteiger partial charge is 0.266 e. The number of anilines is 1. The first kappa shape index (κ1) is 13.4. The molecule has 0 saturated heterocycles. The molecule has 0 unspecified atom stereocenters. The summed E-state index contributed by atoms with van der Waals surface area (Å²) in [5.74, 6) is 0.399. The van der Waals surface area contributed by atoms with E-state index in [0.29, 0.717) is 5.75 Å². The van der Waals surface area contributed by atoms with Crippen molar-refractivity contribution < 1.29 is 9.84 Å². The van der Waals surface area contributed by atoms with Crippen molar-refractivity contribution in [2.24, 2.45) is 0 Å². The van der Waals surface area contributed by atoms with E-state index in [1.807, 2.05) is 25.1 Å². The minimum atomic E-state index is 0.0618. The number of ether oxygens (including phenoxy) is 1. The number of thiocarbonyl (C=S) groups is 1. The van der Waals surface area contributed by atoms with Gasteiger partial charge in [0, 0.05) is 5.69 Å². The standard InChI is InChI=1S/C15H15NO2S/c1-10-7-8-12(9-11(10)2)16-15(19)18-14-6-4-3-5-13(14)17/h3-9,17H,1-2H3,(H,16,19). The lowest BCUT2D eigenvalue weighted by molar-refractivity contribution is 0.437. The third kappa shape index (κ3) is 3.45. The highest BCUT2D eigenvalue weighted by molar-refractivity contribution is 7.80. The minimum Gasteiger partial charge on any atom is -0.504 e. The first-order valence-electron chi connectivity index (χ1n) is 5.90.